The summed E-state index contributed by atoms with van der Waals surface area (Å²) >= 11 is 0. The van der Waals surface area contributed by atoms with Gasteiger partial charge in [0.25, 0.3) is 0 Å². The quantitative estimate of drug-likeness (QED) is 0.296. The second kappa shape index (κ2) is 13.5. The van der Waals surface area contributed by atoms with E-state index in [1.165, 1.54) is 6.08 Å². The molecule has 2 aromatic carbocycles. The zero-order valence-electron chi connectivity index (χ0n) is 19.4. The molecule has 0 aromatic heterocycles. The fourth-order valence-corrected chi connectivity index (χ4v) is 2.91. The van der Waals surface area contributed by atoms with E-state index in [0.717, 1.165) is 17.7 Å². The van der Waals surface area contributed by atoms with Crippen LogP contribution in [-0.4, -0.2) is 43.1 Å². The van der Waals surface area contributed by atoms with Crippen LogP contribution in [0.4, 0.5) is 26.3 Å². The Kier molecular flexibility index (Phi) is 10.7. The van der Waals surface area contributed by atoms with E-state index in [1.54, 1.807) is 37.3 Å². The van der Waals surface area contributed by atoms with E-state index in [-0.39, 0.29) is 31.6 Å². The number of carboxylic acids is 1. The number of ether oxygens (including phenoxy) is 4. The second-order valence-electron chi connectivity index (χ2n) is 7.21. The number of alkyl halides is 6. The molecule has 37 heavy (non-hydrogen) atoms. The van der Waals surface area contributed by atoms with Crippen LogP contribution in [0.2, 0.25) is 0 Å². The van der Waals surface area contributed by atoms with E-state index in [4.69, 9.17) is 14.6 Å². The Hall–Kier alpha value is -3.85. The highest BCUT2D eigenvalue weighted by atomic mass is 19.4. The molecule has 0 amide bonds. The van der Waals surface area contributed by atoms with Crippen LogP contribution >= 0.6 is 0 Å². The van der Waals surface area contributed by atoms with Crippen LogP contribution in [0.15, 0.2) is 54.6 Å². The molecule has 200 valence electrons. The first-order valence-corrected chi connectivity index (χ1v) is 10.7. The minimum Gasteiger partial charge on any atom is -0.490 e. The monoisotopic (exact) mass is 532 g/mol. The Labute approximate surface area is 208 Å². The summed E-state index contributed by atoms with van der Waals surface area (Å²) in [6.07, 6.45) is -8.21. The van der Waals surface area contributed by atoms with Crippen molar-refractivity contribution in [2.45, 2.75) is 38.6 Å². The summed E-state index contributed by atoms with van der Waals surface area (Å²) in [6.45, 7) is 2.11. The zero-order valence-corrected chi connectivity index (χ0v) is 19.4. The van der Waals surface area contributed by atoms with Gasteiger partial charge in [0, 0.05) is 31.1 Å². The summed E-state index contributed by atoms with van der Waals surface area (Å²) in [5.41, 5.74) is 0.667. The molecule has 2 rings (SSSR count). The molecule has 6 nitrogen and oxygen atoms in total. The number of halogens is 6. The SMILES string of the molecule is CCO[C@@H](Cc1ccc(OC/C=C\C#CCc2ccc(OC(F)(F)F)cc2OC(F)(F)F)cc1)C(=O)O. The minimum absolute atomic E-state index is 0.0847. The molecular formula is C25H22F6O6. The number of hydrogen-bond donors (Lipinski definition) is 1. The molecule has 0 aliphatic carbocycles. The van der Waals surface area contributed by atoms with Crippen LogP contribution in [0.3, 0.4) is 0 Å². The summed E-state index contributed by atoms with van der Waals surface area (Å²) < 4.78 is 93.0. The summed E-state index contributed by atoms with van der Waals surface area (Å²) in [6, 6.07) is 9.09. The lowest BCUT2D eigenvalue weighted by Crippen LogP contribution is -2.26. The molecule has 0 aliphatic rings. The lowest BCUT2D eigenvalue weighted by atomic mass is 10.1. The average Bonchev–Trinajstić information content (AvgIpc) is 2.78. The molecule has 0 spiro atoms. The molecule has 1 N–H and O–H groups in total. The van der Waals surface area contributed by atoms with Crippen LogP contribution in [0.1, 0.15) is 18.1 Å². The largest absolute Gasteiger partial charge is 0.573 e. The van der Waals surface area contributed by atoms with E-state index < -0.39 is 36.3 Å². The van der Waals surface area contributed by atoms with Crippen molar-refractivity contribution in [3.8, 4) is 29.1 Å². The maximum absolute atomic E-state index is 12.6. The molecule has 0 fully saturated rings. The van der Waals surface area contributed by atoms with E-state index in [0.29, 0.717) is 11.8 Å². The van der Waals surface area contributed by atoms with Gasteiger partial charge in [-0.15, -0.1) is 26.3 Å². The van der Waals surface area contributed by atoms with Crippen molar-refractivity contribution < 1.29 is 55.2 Å². The first kappa shape index (κ1) is 29.4. The highest BCUT2D eigenvalue weighted by molar-refractivity contribution is 5.72. The third-order valence-electron chi connectivity index (χ3n) is 4.41. The third kappa shape index (κ3) is 11.6. The predicted octanol–water partition coefficient (Wildman–Crippen LogP) is 5.70. The van der Waals surface area contributed by atoms with Crippen molar-refractivity contribution in [3.05, 3.63) is 65.7 Å². The number of carboxylic acid groups (broad SMARTS) is 1. The maximum atomic E-state index is 12.6. The fourth-order valence-electron chi connectivity index (χ4n) is 2.91. The van der Waals surface area contributed by atoms with Gasteiger partial charge in [0.2, 0.25) is 0 Å². The number of aliphatic carboxylic acids is 1. The Morgan fingerprint density at radius 3 is 2.24 bits per heavy atom. The van der Waals surface area contributed by atoms with Crippen LogP contribution in [0, 0.1) is 11.8 Å². The molecule has 0 aliphatic heterocycles. The second-order valence-corrected chi connectivity index (χ2v) is 7.21. The van der Waals surface area contributed by atoms with Crippen LogP contribution in [0.25, 0.3) is 0 Å². The van der Waals surface area contributed by atoms with Gasteiger partial charge in [-0.05, 0) is 42.8 Å². The van der Waals surface area contributed by atoms with Crippen molar-refractivity contribution in [3.63, 3.8) is 0 Å². The maximum Gasteiger partial charge on any atom is 0.573 e. The molecular weight excluding hydrogens is 510 g/mol. The average molecular weight is 532 g/mol. The van der Waals surface area contributed by atoms with Crippen LogP contribution < -0.4 is 14.2 Å². The van der Waals surface area contributed by atoms with Gasteiger partial charge in [0.15, 0.2) is 6.10 Å². The third-order valence-corrected chi connectivity index (χ3v) is 4.41. The van der Waals surface area contributed by atoms with E-state index in [1.807, 2.05) is 0 Å². The lowest BCUT2D eigenvalue weighted by Gasteiger charge is -2.14. The molecule has 12 heteroatoms. The highest BCUT2D eigenvalue weighted by Gasteiger charge is 2.34. The fraction of sp³-hybridized carbons (Fsp3) is 0.320. The topological polar surface area (TPSA) is 74.2 Å². The number of allylic oxidation sites excluding steroid dienone is 1. The Morgan fingerprint density at radius 2 is 1.65 bits per heavy atom. The molecule has 2 aromatic rings. The van der Waals surface area contributed by atoms with Gasteiger partial charge in [-0.2, -0.15) is 0 Å². The summed E-state index contributed by atoms with van der Waals surface area (Å²) in [5.74, 6) is 2.92. The van der Waals surface area contributed by atoms with Crippen molar-refractivity contribution in [1.82, 2.24) is 0 Å². The Morgan fingerprint density at radius 1 is 1.00 bits per heavy atom. The van der Waals surface area contributed by atoms with Crippen LogP contribution in [0.5, 0.6) is 17.2 Å². The number of hydrogen-bond acceptors (Lipinski definition) is 5. The molecule has 1 atom stereocenters. The normalized spacial score (nSPS) is 12.5. The van der Waals surface area contributed by atoms with Crippen molar-refractivity contribution in [2.75, 3.05) is 13.2 Å². The van der Waals surface area contributed by atoms with Gasteiger partial charge >= 0.3 is 18.7 Å². The van der Waals surface area contributed by atoms with E-state index >= 15 is 0 Å². The van der Waals surface area contributed by atoms with Gasteiger partial charge in [-0.25, -0.2) is 4.79 Å². The molecule has 0 saturated heterocycles. The molecule has 0 unspecified atom stereocenters. The first-order valence-electron chi connectivity index (χ1n) is 10.7. The van der Waals surface area contributed by atoms with Crippen molar-refractivity contribution in [1.29, 1.82) is 0 Å². The van der Waals surface area contributed by atoms with Gasteiger partial charge in [-0.1, -0.05) is 30.0 Å². The summed E-state index contributed by atoms with van der Waals surface area (Å²) in [5, 5.41) is 9.13. The Balaban J connectivity index is 1.91. The van der Waals surface area contributed by atoms with Crippen molar-refractivity contribution in [2.24, 2.45) is 0 Å². The number of carbonyl (C=O) groups is 1. The van der Waals surface area contributed by atoms with Crippen LogP contribution in [-0.2, 0) is 22.4 Å². The molecule has 0 heterocycles. The smallest absolute Gasteiger partial charge is 0.490 e. The minimum atomic E-state index is -5.12. The first-order chi connectivity index (χ1) is 17.4. The number of rotatable bonds is 11. The summed E-state index contributed by atoms with van der Waals surface area (Å²) in [4.78, 5) is 11.2. The zero-order chi connectivity index (χ0) is 27.5. The van der Waals surface area contributed by atoms with Gasteiger partial charge in [-0.3, -0.25) is 0 Å². The van der Waals surface area contributed by atoms with Gasteiger partial charge in [0.1, 0.15) is 23.9 Å². The number of benzene rings is 2. The molecule has 0 radical (unpaired) electrons. The van der Waals surface area contributed by atoms with Gasteiger partial charge in [0.05, 0.1) is 0 Å². The van der Waals surface area contributed by atoms with E-state index in [9.17, 15) is 31.1 Å². The molecule has 0 saturated carbocycles. The standard InChI is InChI=1S/C25H22F6O6/c1-2-34-22(23(32)33)15-17-8-11-19(12-9-17)35-14-6-4-3-5-7-18-10-13-20(36-24(26,27)28)16-21(18)37-25(29,30)31/h4,6,8-13,16,22H,2,7,14-15H2,1H3,(H,32,33)/b6-4-/t22-/m0/s1. The van der Waals surface area contributed by atoms with Crippen molar-refractivity contribution >= 4 is 5.97 Å². The summed E-state index contributed by atoms with van der Waals surface area (Å²) in [7, 11) is 0. The van der Waals surface area contributed by atoms with Gasteiger partial charge < -0.3 is 24.1 Å². The highest BCUT2D eigenvalue weighted by Crippen LogP contribution is 2.32. The molecule has 0 bridgehead atoms. The Bertz CT molecular complexity index is 1110. The predicted molar refractivity (Wildman–Crippen MR) is 119 cm³/mol. The lowest BCUT2D eigenvalue weighted by molar-refractivity contribution is -0.276. The van der Waals surface area contributed by atoms with E-state index in [2.05, 4.69) is 21.3 Å².